The Kier molecular flexibility index (Phi) is 5.40. The lowest BCUT2D eigenvalue weighted by Crippen LogP contribution is -2.31. The number of carbonyl (C=O) groups excluding carboxylic acids is 1. The lowest BCUT2D eigenvalue weighted by Gasteiger charge is -2.14. The van der Waals surface area contributed by atoms with Crippen LogP contribution in [0.25, 0.3) is 11.3 Å². The fraction of sp³-hybridized carbons (Fsp3) is 0.158. The van der Waals surface area contributed by atoms with Gasteiger partial charge in [0.1, 0.15) is 5.82 Å². The molecule has 128 valence electrons. The van der Waals surface area contributed by atoms with Crippen LogP contribution in [0.4, 0.5) is 9.52 Å². The number of primary amides is 1. The summed E-state index contributed by atoms with van der Waals surface area (Å²) in [6.45, 7) is 0.383. The first-order valence-corrected chi connectivity index (χ1v) is 8.78. The monoisotopic (exact) mass is 355 g/mol. The zero-order chi connectivity index (χ0) is 17.6. The van der Waals surface area contributed by atoms with Crippen molar-refractivity contribution in [3.05, 3.63) is 71.4 Å². The van der Waals surface area contributed by atoms with Crippen LogP contribution in [0.5, 0.6) is 0 Å². The van der Waals surface area contributed by atoms with E-state index in [2.05, 4.69) is 10.3 Å². The average molecular weight is 355 g/mol. The van der Waals surface area contributed by atoms with E-state index < -0.39 is 11.8 Å². The highest BCUT2D eigenvalue weighted by molar-refractivity contribution is 7.14. The zero-order valence-corrected chi connectivity index (χ0v) is 14.3. The molecule has 1 unspecified atom stereocenters. The van der Waals surface area contributed by atoms with Crippen molar-refractivity contribution in [1.29, 1.82) is 0 Å². The van der Waals surface area contributed by atoms with Crippen LogP contribution in [-0.4, -0.2) is 17.4 Å². The molecule has 0 fully saturated rings. The SMILES string of the molecule is NC(=O)C(CNc1nc(-c2ccccc2)cs1)Cc1ccc(F)cc1. The molecular formula is C19H18FN3OS. The first-order chi connectivity index (χ1) is 12.1. The maximum absolute atomic E-state index is 13.0. The van der Waals surface area contributed by atoms with Gasteiger partial charge in [0, 0.05) is 17.5 Å². The van der Waals surface area contributed by atoms with Crippen molar-refractivity contribution in [1.82, 2.24) is 4.98 Å². The predicted octanol–water partition coefficient (Wildman–Crippen LogP) is 3.71. The molecular weight excluding hydrogens is 337 g/mol. The van der Waals surface area contributed by atoms with Gasteiger partial charge in [0.15, 0.2) is 5.13 Å². The zero-order valence-electron chi connectivity index (χ0n) is 13.5. The molecule has 0 radical (unpaired) electrons. The van der Waals surface area contributed by atoms with Gasteiger partial charge in [-0.05, 0) is 24.1 Å². The minimum Gasteiger partial charge on any atom is -0.369 e. The summed E-state index contributed by atoms with van der Waals surface area (Å²) in [4.78, 5) is 16.2. The molecule has 0 saturated carbocycles. The number of aromatic nitrogens is 1. The van der Waals surface area contributed by atoms with Crippen molar-refractivity contribution >= 4 is 22.4 Å². The van der Waals surface area contributed by atoms with E-state index in [1.807, 2.05) is 35.7 Å². The molecule has 4 nitrogen and oxygen atoms in total. The number of amides is 1. The number of hydrogen-bond acceptors (Lipinski definition) is 4. The standard InChI is InChI=1S/C19H18FN3OS/c20-16-8-6-13(7-9-16)10-15(18(21)24)11-22-19-23-17(12-25-19)14-4-2-1-3-5-14/h1-9,12,15H,10-11H2,(H2,21,24)(H,22,23). The van der Waals surface area contributed by atoms with Gasteiger partial charge in [0.2, 0.25) is 5.91 Å². The first kappa shape index (κ1) is 17.1. The molecule has 1 atom stereocenters. The van der Waals surface area contributed by atoms with Gasteiger partial charge in [0.05, 0.1) is 11.6 Å². The molecule has 25 heavy (non-hydrogen) atoms. The van der Waals surface area contributed by atoms with Crippen LogP contribution in [0.15, 0.2) is 60.0 Å². The van der Waals surface area contributed by atoms with Crippen molar-refractivity contribution in [3.8, 4) is 11.3 Å². The Morgan fingerprint density at radius 2 is 1.88 bits per heavy atom. The Hall–Kier alpha value is -2.73. The summed E-state index contributed by atoms with van der Waals surface area (Å²) in [6.07, 6.45) is 0.458. The Bertz CT molecular complexity index is 833. The number of thiazole rings is 1. The fourth-order valence-corrected chi connectivity index (χ4v) is 3.22. The Morgan fingerprint density at radius 3 is 2.56 bits per heavy atom. The van der Waals surface area contributed by atoms with E-state index in [1.54, 1.807) is 12.1 Å². The number of hydrogen-bond donors (Lipinski definition) is 2. The summed E-state index contributed by atoms with van der Waals surface area (Å²) < 4.78 is 13.0. The van der Waals surface area contributed by atoms with Crippen molar-refractivity contribution in [2.45, 2.75) is 6.42 Å². The second-order valence-electron chi connectivity index (χ2n) is 5.71. The molecule has 3 N–H and O–H groups in total. The highest BCUT2D eigenvalue weighted by Crippen LogP contribution is 2.24. The molecule has 0 bridgehead atoms. The molecule has 2 aromatic carbocycles. The number of benzene rings is 2. The summed E-state index contributed by atoms with van der Waals surface area (Å²) in [6, 6.07) is 16.0. The number of nitrogens with one attached hydrogen (secondary N) is 1. The molecule has 3 rings (SSSR count). The molecule has 0 spiro atoms. The van der Waals surface area contributed by atoms with Crippen LogP contribution in [0.3, 0.4) is 0 Å². The third kappa shape index (κ3) is 4.64. The number of nitrogens with zero attached hydrogens (tertiary/aromatic N) is 1. The van der Waals surface area contributed by atoms with Crippen LogP contribution in [0.2, 0.25) is 0 Å². The van der Waals surface area contributed by atoms with Gasteiger partial charge in [-0.25, -0.2) is 9.37 Å². The van der Waals surface area contributed by atoms with Crippen LogP contribution < -0.4 is 11.1 Å². The van der Waals surface area contributed by atoms with E-state index in [4.69, 9.17) is 5.73 Å². The largest absolute Gasteiger partial charge is 0.369 e. The molecule has 3 aromatic rings. The van der Waals surface area contributed by atoms with E-state index in [0.717, 1.165) is 22.0 Å². The van der Waals surface area contributed by atoms with E-state index in [9.17, 15) is 9.18 Å². The minimum absolute atomic E-state index is 0.297. The van der Waals surface area contributed by atoms with Gasteiger partial charge >= 0.3 is 0 Å². The maximum atomic E-state index is 13.0. The van der Waals surface area contributed by atoms with Gasteiger partial charge in [-0.2, -0.15) is 0 Å². The Labute approximate surface area is 149 Å². The Morgan fingerprint density at radius 1 is 1.16 bits per heavy atom. The number of carbonyl (C=O) groups is 1. The second-order valence-corrected chi connectivity index (χ2v) is 6.57. The number of nitrogens with two attached hydrogens (primary N) is 1. The number of anilines is 1. The molecule has 0 aliphatic carbocycles. The van der Waals surface area contributed by atoms with Crippen LogP contribution in [-0.2, 0) is 11.2 Å². The van der Waals surface area contributed by atoms with Gasteiger partial charge in [-0.3, -0.25) is 4.79 Å². The smallest absolute Gasteiger partial charge is 0.222 e. The second kappa shape index (κ2) is 7.90. The molecule has 0 aliphatic rings. The summed E-state index contributed by atoms with van der Waals surface area (Å²) in [7, 11) is 0. The summed E-state index contributed by atoms with van der Waals surface area (Å²) in [5.41, 5.74) is 8.31. The third-order valence-electron chi connectivity index (χ3n) is 3.87. The minimum atomic E-state index is -0.394. The molecule has 6 heteroatoms. The lowest BCUT2D eigenvalue weighted by atomic mass is 9.99. The molecule has 1 aromatic heterocycles. The van der Waals surface area contributed by atoms with Crippen molar-refractivity contribution in [3.63, 3.8) is 0 Å². The quantitative estimate of drug-likeness (QED) is 0.679. The molecule has 1 amide bonds. The predicted molar refractivity (Wildman–Crippen MR) is 98.8 cm³/mol. The number of halogens is 1. The van der Waals surface area contributed by atoms with Crippen LogP contribution in [0.1, 0.15) is 5.56 Å². The van der Waals surface area contributed by atoms with Gasteiger partial charge < -0.3 is 11.1 Å². The first-order valence-electron chi connectivity index (χ1n) is 7.90. The molecule has 0 aliphatic heterocycles. The number of rotatable bonds is 7. The average Bonchev–Trinajstić information content (AvgIpc) is 3.10. The summed E-state index contributed by atoms with van der Waals surface area (Å²) >= 11 is 1.48. The topological polar surface area (TPSA) is 68.0 Å². The van der Waals surface area contributed by atoms with E-state index in [1.165, 1.54) is 23.5 Å². The highest BCUT2D eigenvalue weighted by Gasteiger charge is 2.17. The lowest BCUT2D eigenvalue weighted by molar-refractivity contribution is -0.121. The summed E-state index contributed by atoms with van der Waals surface area (Å²) in [5.74, 6) is -1.08. The maximum Gasteiger partial charge on any atom is 0.222 e. The fourth-order valence-electron chi connectivity index (χ4n) is 2.49. The Balaban J connectivity index is 1.63. The normalized spacial score (nSPS) is 11.9. The molecule has 1 heterocycles. The van der Waals surface area contributed by atoms with Gasteiger partial charge in [-0.1, -0.05) is 42.5 Å². The van der Waals surface area contributed by atoms with Crippen molar-refractivity contribution in [2.24, 2.45) is 11.7 Å². The summed E-state index contributed by atoms with van der Waals surface area (Å²) in [5, 5.41) is 5.89. The van der Waals surface area contributed by atoms with Crippen molar-refractivity contribution in [2.75, 3.05) is 11.9 Å². The van der Waals surface area contributed by atoms with Gasteiger partial charge in [-0.15, -0.1) is 11.3 Å². The highest BCUT2D eigenvalue weighted by atomic mass is 32.1. The van der Waals surface area contributed by atoms with Crippen molar-refractivity contribution < 1.29 is 9.18 Å². The molecule has 0 saturated heterocycles. The van der Waals surface area contributed by atoms with Gasteiger partial charge in [0.25, 0.3) is 0 Å². The van der Waals surface area contributed by atoms with E-state index in [-0.39, 0.29) is 5.82 Å². The third-order valence-corrected chi connectivity index (χ3v) is 4.67. The van der Waals surface area contributed by atoms with Crippen LogP contribution >= 0.6 is 11.3 Å². The van der Waals surface area contributed by atoms with Crippen LogP contribution in [0, 0.1) is 11.7 Å². The van der Waals surface area contributed by atoms with E-state index >= 15 is 0 Å². The van der Waals surface area contributed by atoms with E-state index in [0.29, 0.717) is 13.0 Å².